The van der Waals surface area contributed by atoms with Crippen LogP contribution in [0, 0.1) is 0 Å². The third-order valence-electron chi connectivity index (χ3n) is 1.73. The number of nitrogens with zero attached hydrogens (tertiary/aromatic N) is 1. The van der Waals surface area contributed by atoms with Gasteiger partial charge in [-0.1, -0.05) is 30.4 Å². The Hall–Kier alpha value is -1.61. The lowest BCUT2D eigenvalue weighted by Gasteiger charge is -2.16. The first-order valence-corrected chi connectivity index (χ1v) is 5.47. The Morgan fingerprint density at radius 3 is 1.76 bits per heavy atom. The minimum Gasteiger partial charge on any atom is -0.366 e. The molecule has 0 aliphatic rings. The van der Waals surface area contributed by atoms with Gasteiger partial charge in [0.15, 0.2) is 0 Å². The summed E-state index contributed by atoms with van der Waals surface area (Å²) in [5.74, 6) is -0.481. The van der Waals surface area contributed by atoms with Crippen molar-refractivity contribution in [3.8, 4) is 0 Å². The minimum absolute atomic E-state index is 0.481. The summed E-state index contributed by atoms with van der Waals surface area (Å²) in [7, 11) is 0. The molecule has 0 bridgehead atoms. The molecule has 0 fully saturated rings. The van der Waals surface area contributed by atoms with E-state index in [0.717, 1.165) is 25.7 Å². The molecule has 0 saturated heterocycles. The standard InChI is InChI=1S/C11H19N.C3H5NO/c1-5-8-12(9-6-2)10-7-11(3)4;1-2-3(4)5/h5-7H,1-2,8-10H2,3-4H3;2H,1H2,(H2,4,5). The number of hydrogen-bond acceptors (Lipinski definition) is 2. The number of hydrogen-bond donors (Lipinski definition) is 1. The molecule has 0 unspecified atom stereocenters. The lowest BCUT2D eigenvalue weighted by molar-refractivity contribution is -0.113. The highest BCUT2D eigenvalue weighted by Gasteiger charge is 1.95. The van der Waals surface area contributed by atoms with Crippen molar-refractivity contribution in [1.29, 1.82) is 0 Å². The van der Waals surface area contributed by atoms with Gasteiger partial charge in [-0.25, -0.2) is 0 Å². The number of rotatable bonds is 7. The first-order chi connectivity index (χ1) is 7.97. The third-order valence-corrected chi connectivity index (χ3v) is 1.73. The van der Waals surface area contributed by atoms with Crippen molar-refractivity contribution in [2.75, 3.05) is 19.6 Å². The average molecular weight is 236 g/mol. The summed E-state index contributed by atoms with van der Waals surface area (Å²) in [6.07, 6.45) is 7.11. The fourth-order valence-corrected chi connectivity index (χ4v) is 0.900. The van der Waals surface area contributed by atoms with E-state index in [0.29, 0.717) is 0 Å². The molecule has 17 heavy (non-hydrogen) atoms. The molecule has 0 atom stereocenters. The summed E-state index contributed by atoms with van der Waals surface area (Å²) in [5, 5.41) is 0. The van der Waals surface area contributed by atoms with Gasteiger partial charge in [0.05, 0.1) is 0 Å². The smallest absolute Gasteiger partial charge is 0.240 e. The summed E-state index contributed by atoms with van der Waals surface area (Å²) in [6.45, 7) is 17.6. The fraction of sp³-hybridized carbons (Fsp3) is 0.357. The predicted octanol–water partition coefficient (Wildman–Crippen LogP) is 2.28. The second-order valence-corrected chi connectivity index (χ2v) is 3.68. The summed E-state index contributed by atoms with van der Waals surface area (Å²) in [4.78, 5) is 11.7. The molecule has 0 aliphatic carbocycles. The topological polar surface area (TPSA) is 46.3 Å². The Balaban J connectivity index is 0. The fourth-order valence-electron chi connectivity index (χ4n) is 0.900. The predicted molar refractivity (Wildman–Crippen MR) is 75.7 cm³/mol. The van der Waals surface area contributed by atoms with E-state index in [4.69, 9.17) is 0 Å². The molecular weight excluding hydrogens is 212 g/mol. The Morgan fingerprint density at radius 2 is 1.53 bits per heavy atom. The van der Waals surface area contributed by atoms with E-state index < -0.39 is 5.91 Å². The second-order valence-electron chi connectivity index (χ2n) is 3.68. The zero-order valence-electron chi connectivity index (χ0n) is 11.0. The van der Waals surface area contributed by atoms with Crippen LogP contribution in [0.3, 0.4) is 0 Å². The number of carbonyl (C=O) groups excluding carboxylic acids is 1. The zero-order valence-corrected chi connectivity index (χ0v) is 11.0. The van der Waals surface area contributed by atoms with Crippen LogP contribution in [-0.2, 0) is 4.79 Å². The van der Waals surface area contributed by atoms with E-state index in [1.165, 1.54) is 5.57 Å². The first kappa shape index (κ1) is 17.8. The zero-order chi connectivity index (χ0) is 13.7. The van der Waals surface area contributed by atoms with Crippen molar-refractivity contribution in [1.82, 2.24) is 4.90 Å². The van der Waals surface area contributed by atoms with E-state index in [1.807, 2.05) is 12.2 Å². The number of amides is 1. The summed E-state index contributed by atoms with van der Waals surface area (Å²) < 4.78 is 0. The monoisotopic (exact) mass is 236 g/mol. The van der Waals surface area contributed by atoms with E-state index in [9.17, 15) is 4.79 Å². The molecule has 0 aromatic carbocycles. The molecule has 1 amide bonds. The van der Waals surface area contributed by atoms with Gasteiger partial charge in [-0.05, 0) is 19.9 Å². The number of allylic oxidation sites excluding steroid dienone is 1. The van der Waals surface area contributed by atoms with E-state index >= 15 is 0 Å². The molecule has 0 spiro atoms. The van der Waals surface area contributed by atoms with E-state index in [-0.39, 0.29) is 0 Å². The summed E-state index contributed by atoms with van der Waals surface area (Å²) in [6, 6.07) is 0. The van der Waals surface area contributed by atoms with Gasteiger partial charge in [-0.3, -0.25) is 9.69 Å². The van der Waals surface area contributed by atoms with E-state index in [1.54, 1.807) is 0 Å². The summed E-state index contributed by atoms with van der Waals surface area (Å²) in [5.41, 5.74) is 5.89. The highest BCUT2D eigenvalue weighted by molar-refractivity contribution is 5.84. The molecule has 0 aliphatic heterocycles. The molecule has 96 valence electrons. The molecule has 0 radical (unpaired) electrons. The molecule has 3 nitrogen and oxygen atoms in total. The van der Waals surface area contributed by atoms with Crippen molar-refractivity contribution in [3.63, 3.8) is 0 Å². The maximum Gasteiger partial charge on any atom is 0.240 e. The number of carbonyl (C=O) groups is 1. The molecule has 0 aromatic heterocycles. The van der Waals surface area contributed by atoms with Crippen LogP contribution in [0.2, 0.25) is 0 Å². The van der Waals surface area contributed by atoms with Gasteiger partial charge < -0.3 is 5.73 Å². The molecule has 0 aromatic rings. The molecular formula is C14H24N2O. The van der Waals surface area contributed by atoms with Crippen LogP contribution in [0.5, 0.6) is 0 Å². The maximum atomic E-state index is 9.47. The van der Waals surface area contributed by atoms with Crippen molar-refractivity contribution in [2.45, 2.75) is 13.8 Å². The first-order valence-electron chi connectivity index (χ1n) is 5.47. The van der Waals surface area contributed by atoms with Crippen LogP contribution in [0.1, 0.15) is 13.8 Å². The van der Waals surface area contributed by atoms with Gasteiger partial charge in [0.25, 0.3) is 0 Å². The Bertz CT molecular complexity index is 266. The highest BCUT2D eigenvalue weighted by atomic mass is 16.1. The second kappa shape index (κ2) is 12.5. The molecule has 2 N–H and O–H groups in total. The Labute approximate surface area is 105 Å². The van der Waals surface area contributed by atoms with Crippen molar-refractivity contribution in [3.05, 3.63) is 49.6 Å². The van der Waals surface area contributed by atoms with E-state index in [2.05, 4.69) is 50.3 Å². The lowest BCUT2D eigenvalue weighted by Crippen LogP contribution is -2.23. The van der Waals surface area contributed by atoms with Gasteiger partial charge in [0.2, 0.25) is 5.91 Å². The van der Waals surface area contributed by atoms with Gasteiger partial charge in [-0.2, -0.15) is 0 Å². The SMILES string of the molecule is C=CC(N)=O.C=CCN(CC=C)CC=C(C)C. The van der Waals surface area contributed by atoms with Crippen molar-refractivity contribution < 1.29 is 4.79 Å². The number of primary amides is 1. The van der Waals surface area contributed by atoms with Crippen LogP contribution >= 0.6 is 0 Å². The van der Waals surface area contributed by atoms with Gasteiger partial charge in [0, 0.05) is 19.6 Å². The van der Waals surface area contributed by atoms with Gasteiger partial charge in [-0.15, -0.1) is 13.2 Å². The highest BCUT2D eigenvalue weighted by Crippen LogP contribution is 1.94. The molecule has 0 saturated carbocycles. The maximum absolute atomic E-state index is 9.47. The molecule has 0 heterocycles. The molecule has 0 rings (SSSR count). The van der Waals surface area contributed by atoms with Crippen LogP contribution in [0.25, 0.3) is 0 Å². The van der Waals surface area contributed by atoms with Crippen LogP contribution in [-0.4, -0.2) is 30.4 Å². The van der Waals surface area contributed by atoms with Crippen LogP contribution in [0.15, 0.2) is 49.6 Å². The third kappa shape index (κ3) is 17.0. The Morgan fingerprint density at radius 1 is 1.12 bits per heavy atom. The summed E-state index contributed by atoms with van der Waals surface area (Å²) >= 11 is 0. The average Bonchev–Trinajstić information content (AvgIpc) is 2.27. The molecule has 3 heteroatoms. The largest absolute Gasteiger partial charge is 0.366 e. The Kier molecular flexibility index (Phi) is 13.0. The number of nitrogens with two attached hydrogens (primary N) is 1. The lowest BCUT2D eigenvalue weighted by atomic mass is 10.3. The van der Waals surface area contributed by atoms with Crippen molar-refractivity contribution >= 4 is 5.91 Å². The van der Waals surface area contributed by atoms with Crippen molar-refractivity contribution in [2.24, 2.45) is 5.73 Å². The normalized spacial score (nSPS) is 8.65. The van der Waals surface area contributed by atoms with Crippen LogP contribution in [0.4, 0.5) is 0 Å². The van der Waals surface area contributed by atoms with Crippen LogP contribution < -0.4 is 5.73 Å². The minimum atomic E-state index is -0.481. The quantitative estimate of drug-likeness (QED) is 0.544. The van der Waals surface area contributed by atoms with Gasteiger partial charge >= 0.3 is 0 Å². The van der Waals surface area contributed by atoms with Gasteiger partial charge in [0.1, 0.15) is 0 Å².